The van der Waals surface area contributed by atoms with Crippen molar-refractivity contribution in [2.75, 3.05) is 6.61 Å². The van der Waals surface area contributed by atoms with Crippen LogP contribution in [0.3, 0.4) is 0 Å². The standard InChI is InChI=1S/C31H43N3O4/c1-3-20-12-21-14-22(13-20)16-25(15-21)33-23-8-7-9-24(33)18-26(17-23)34-30(36)27-10-5-6-11-28(27)32(31(34)37)19-29(35)38-4-2/h5-6,10-11,20-26H,3-4,7-9,12-19H2,1-2H3/t20?,21-,22+,23-,24+,25?,26?. The number of carbonyl (C=O) groups excluding carboxylic acids is 1. The molecule has 2 saturated heterocycles. The van der Waals surface area contributed by atoms with Gasteiger partial charge in [-0.25, -0.2) is 4.79 Å². The molecule has 4 fully saturated rings. The number of carbonyl (C=O) groups is 1. The number of piperidine rings is 2. The molecule has 2 aliphatic carbocycles. The van der Waals surface area contributed by atoms with E-state index in [1.54, 1.807) is 25.1 Å². The van der Waals surface area contributed by atoms with Gasteiger partial charge in [0.1, 0.15) is 6.54 Å². The lowest BCUT2D eigenvalue weighted by Crippen LogP contribution is -2.59. The zero-order valence-electron chi connectivity index (χ0n) is 23.0. The van der Waals surface area contributed by atoms with Gasteiger partial charge in [-0.3, -0.25) is 23.6 Å². The van der Waals surface area contributed by atoms with Gasteiger partial charge in [0, 0.05) is 24.2 Å². The fourth-order valence-electron chi connectivity index (χ4n) is 8.88. The SMILES string of the molecule is CCOC(=O)Cn1c(=O)n(C2C[C@H]3CCC[C@@H](C2)N3C2C[C@H]3CC(CC)C[C@@H](C2)C3)c(=O)c2ccccc21. The first-order valence-corrected chi connectivity index (χ1v) is 15.1. The van der Waals surface area contributed by atoms with Crippen LogP contribution in [0.4, 0.5) is 0 Å². The third-order valence-electron chi connectivity index (χ3n) is 10.3. The normalized spacial score (nSPS) is 33.3. The van der Waals surface area contributed by atoms with Gasteiger partial charge in [-0.05, 0) is 94.6 Å². The summed E-state index contributed by atoms with van der Waals surface area (Å²) in [6, 6.07) is 8.53. The molecular weight excluding hydrogens is 478 g/mol. The Morgan fingerprint density at radius 1 is 0.868 bits per heavy atom. The van der Waals surface area contributed by atoms with E-state index in [0.717, 1.165) is 43.4 Å². The number of rotatable bonds is 6. The summed E-state index contributed by atoms with van der Waals surface area (Å²) < 4.78 is 8.10. The molecule has 0 radical (unpaired) electrons. The number of esters is 1. The highest BCUT2D eigenvalue weighted by molar-refractivity contribution is 5.80. The zero-order valence-corrected chi connectivity index (χ0v) is 23.0. The van der Waals surface area contributed by atoms with Crippen LogP contribution in [0.1, 0.15) is 90.5 Å². The minimum absolute atomic E-state index is 0.132. The molecule has 6 rings (SSSR count). The minimum Gasteiger partial charge on any atom is -0.465 e. The summed E-state index contributed by atoms with van der Waals surface area (Å²) in [6.07, 6.45) is 13.4. The van der Waals surface area contributed by atoms with E-state index in [4.69, 9.17) is 4.74 Å². The molecule has 3 unspecified atom stereocenters. The molecule has 7 atom stereocenters. The molecule has 2 aliphatic heterocycles. The number of fused-ring (bicyclic) bond motifs is 5. The second-order valence-electron chi connectivity index (χ2n) is 12.5. The number of ether oxygens (including phenoxy) is 1. The van der Waals surface area contributed by atoms with E-state index in [2.05, 4.69) is 11.8 Å². The summed E-state index contributed by atoms with van der Waals surface area (Å²) in [4.78, 5) is 42.8. The van der Waals surface area contributed by atoms with Gasteiger partial charge in [0.15, 0.2) is 0 Å². The molecule has 7 heteroatoms. The van der Waals surface area contributed by atoms with Gasteiger partial charge in [0.05, 0.1) is 17.5 Å². The van der Waals surface area contributed by atoms with Crippen LogP contribution in [0.25, 0.3) is 10.9 Å². The zero-order chi connectivity index (χ0) is 26.4. The maximum atomic E-state index is 13.8. The molecule has 4 bridgehead atoms. The number of benzene rings is 1. The maximum Gasteiger partial charge on any atom is 0.332 e. The van der Waals surface area contributed by atoms with Crippen molar-refractivity contribution in [2.45, 2.75) is 115 Å². The number of hydrogen-bond donors (Lipinski definition) is 0. The van der Waals surface area contributed by atoms with E-state index in [9.17, 15) is 14.4 Å². The molecule has 0 amide bonds. The molecule has 1 aromatic carbocycles. The Morgan fingerprint density at radius 3 is 2.21 bits per heavy atom. The molecule has 206 valence electrons. The fraction of sp³-hybridized carbons (Fsp3) is 0.710. The molecular formula is C31H43N3O4. The van der Waals surface area contributed by atoms with Gasteiger partial charge in [-0.15, -0.1) is 0 Å². The summed E-state index contributed by atoms with van der Waals surface area (Å²) in [5, 5.41) is 0.495. The van der Waals surface area contributed by atoms with Crippen molar-refractivity contribution in [2.24, 2.45) is 17.8 Å². The van der Waals surface area contributed by atoms with Crippen LogP contribution in [-0.2, 0) is 16.1 Å². The van der Waals surface area contributed by atoms with E-state index < -0.39 is 5.97 Å². The molecule has 2 saturated carbocycles. The average Bonchev–Trinajstić information content (AvgIpc) is 2.90. The first kappa shape index (κ1) is 25.8. The molecule has 1 aromatic heterocycles. The number of para-hydroxylation sites is 1. The van der Waals surface area contributed by atoms with Gasteiger partial charge in [-0.2, -0.15) is 0 Å². The van der Waals surface area contributed by atoms with Crippen LogP contribution < -0.4 is 11.2 Å². The van der Waals surface area contributed by atoms with Crippen LogP contribution in [0.15, 0.2) is 33.9 Å². The number of aromatic nitrogens is 2. The van der Waals surface area contributed by atoms with Crippen molar-refractivity contribution in [1.29, 1.82) is 0 Å². The van der Waals surface area contributed by atoms with Crippen LogP contribution in [-0.4, -0.2) is 44.7 Å². The summed E-state index contributed by atoms with van der Waals surface area (Å²) in [5.74, 6) is 2.20. The monoisotopic (exact) mass is 521 g/mol. The van der Waals surface area contributed by atoms with Crippen molar-refractivity contribution in [3.8, 4) is 0 Å². The maximum absolute atomic E-state index is 13.8. The first-order chi connectivity index (χ1) is 18.5. The largest absolute Gasteiger partial charge is 0.465 e. The Morgan fingerprint density at radius 2 is 1.55 bits per heavy atom. The Kier molecular flexibility index (Phi) is 7.23. The van der Waals surface area contributed by atoms with Crippen LogP contribution in [0.5, 0.6) is 0 Å². The predicted molar refractivity (Wildman–Crippen MR) is 148 cm³/mol. The van der Waals surface area contributed by atoms with Gasteiger partial charge in [-0.1, -0.05) is 31.9 Å². The Bertz CT molecular complexity index is 1270. The summed E-state index contributed by atoms with van der Waals surface area (Å²) in [5.41, 5.74) is -0.0975. The van der Waals surface area contributed by atoms with E-state index in [1.807, 2.05) is 6.07 Å². The summed E-state index contributed by atoms with van der Waals surface area (Å²) >= 11 is 0. The molecule has 4 aliphatic rings. The van der Waals surface area contributed by atoms with Gasteiger partial charge >= 0.3 is 11.7 Å². The van der Waals surface area contributed by atoms with Gasteiger partial charge < -0.3 is 4.74 Å². The minimum atomic E-state index is -0.454. The topological polar surface area (TPSA) is 73.5 Å². The fourth-order valence-corrected chi connectivity index (χ4v) is 8.88. The van der Waals surface area contributed by atoms with E-state index in [-0.39, 0.29) is 30.4 Å². The molecule has 38 heavy (non-hydrogen) atoms. The first-order valence-electron chi connectivity index (χ1n) is 15.1. The third kappa shape index (κ3) is 4.65. The predicted octanol–water partition coefficient (Wildman–Crippen LogP) is 4.89. The van der Waals surface area contributed by atoms with E-state index in [1.165, 1.54) is 54.1 Å². The van der Waals surface area contributed by atoms with Crippen LogP contribution in [0.2, 0.25) is 0 Å². The average molecular weight is 522 g/mol. The summed E-state index contributed by atoms with van der Waals surface area (Å²) in [6.45, 7) is 4.19. The third-order valence-corrected chi connectivity index (χ3v) is 10.3. The highest BCUT2D eigenvalue weighted by Gasteiger charge is 2.46. The number of nitrogens with zero attached hydrogens (tertiary/aromatic N) is 3. The van der Waals surface area contributed by atoms with Crippen molar-refractivity contribution in [3.05, 3.63) is 45.1 Å². The van der Waals surface area contributed by atoms with Crippen molar-refractivity contribution in [1.82, 2.24) is 14.0 Å². The van der Waals surface area contributed by atoms with Crippen molar-refractivity contribution in [3.63, 3.8) is 0 Å². The lowest BCUT2D eigenvalue weighted by atomic mass is 9.64. The second kappa shape index (κ2) is 10.6. The van der Waals surface area contributed by atoms with E-state index >= 15 is 0 Å². The molecule has 0 spiro atoms. The second-order valence-corrected chi connectivity index (χ2v) is 12.5. The smallest absolute Gasteiger partial charge is 0.332 e. The van der Waals surface area contributed by atoms with Gasteiger partial charge in [0.2, 0.25) is 0 Å². The van der Waals surface area contributed by atoms with Gasteiger partial charge in [0.25, 0.3) is 5.56 Å². The lowest BCUT2D eigenvalue weighted by molar-refractivity contribution is -0.143. The van der Waals surface area contributed by atoms with Crippen LogP contribution in [0, 0.1) is 17.8 Å². The highest BCUT2D eigenvalue weighted by atomic mass is 16.5. The Hall–Kier alpha value is -2.41. The lowest BCUT2D eigenvalue weighted by Gasteiger charge is -2.55. The highest BCUT2D eigenvalue weighted by Crippen LogP contribution is 2.48. The molecule has 0 N–H and O–H groups in total. The van der Waals surface area contributed by atoms with Crippen molar-refractivity contribution >= 4 is 16.9 Å². The number of hydrogen-bond acceptors (Lipinski definition) is 5. The Balaban J connectivity index is 1.30. The van der Waals surface area contributed by atoms with Crippen LogP contribution >= 0.6 is 0 Å². The van der Waals surface area contributed by atoms with E-state index in [0.29, 0.717) is 29.0 Å². The quantitative estimate of drug-likeness (QED) is 0.506. The molecule has 2 aromatic rings. The Labute approximate surface area is 225 Å². The summed E-state index contributed by atoms with van der Waals surface area (Å²) in [7, 11) is 0. The van der Waals surface area contributed by atoms with Crippen molar-refractivity contribution < 1.29 is 9.53 Å². The molecule has 3 heterocycles. The molecule has 7 nitrogen and oxygen atoms in total.